The number of hydrogen-bond donors (Lipinski definition) is 4. The van der Waals surface area contributed by atoms with Gasteiger partial charge in [-0.05, 0) is 12.8 Å². The Morgan fingerprint density at radius 3 is 0.900 bits per heavy atom. The minimum atomic E-state index is -4.69. The summed E-state index contributed by atoms with van der Waals surface area (Å²) < 4.78 is 16.0. The molecule has 0 aliphatic carbocycles. The Hall–Kier alpha value is -0.460. The summed E-state index contributed by atoms with van der Waals surface area (Å²) in [7, 11) is -4.69. The summed E-state index contributed by atoms with van der Waals surface area (Å²) in [5, 5.41) is 13.6. The lowest BCUT2D eigenvalue weighted by Gasteiger charge is -2.24. The number of carbonyl (C=O) groups excluding carboxylic acids is 1. The highest BCUT2D eigenvalue weighted by atomic mass is 31.2. The van der Waals surface area contributed by atoms with Crippen LogP contribution in [0, 0.1) is 0 Å². The number of nitrogens with one attached hydrogen (secondary N) is 1. The molecule has 0 radical (unpaired) electrons. The molecule has 0 saturated heterocycles. The lowest BCUT2D eigenvalue weighted by atomic mass is 10.0. The third-order valence-corrected chi connectivity index (χ3v) is 13.3. The molecule has 2 atom stereocenters. The second-order valence-electron chi connectivity index (χ2n) is 18.9. The van der Waals surface area contributed by atoms with Gasteiger partial charge < -0.3 is 20.2 Å². The fraction of sp³-hybridized carbons (Fsp3) is 0.981. The number of unbranched alkanes of at least 4 members (excludes halogenated alkanes) is 42. The molecule has 0 aromatic carbocycles. The lowest BCUT2D eigenvalue weighted by molar-refractivity contribution is -0.123. The molecule has 1 amide bonds. The van der Waals surface area contributed by atoms with E-state index in [1.807, 2.05) is 0 Å². The number of amides is 1. The highest BCUT2D eigenvalue weighted by molar-refractivity contribution is 7.46. The van der Waals surface area contributed by atoms with Crippen LogP contribution in [-0.4, -0.2) is 39.6 Å². The Bertz CT molecular complexity index is 900. The van der Waals surface area contributed by atoms with E-state index in [-0.39, 0.29) is 5.91 Å². The molecule has 0 aromatic heterocycles. The van der Waals surface area contributed by atoms with Gasteiger partial charge >= 0.3 is 7.82 Å². The summed E-state index contributed by atoms with van der Waals surface area (Å²) >= 11 is 0. The van der Waals surface area contributed by atoms with E-state index < -0.39 is 26.6 Å². The van der Waals surface area contributed by atoms with E-state index in [1.165, 1.54) is 244 Å². The summed E-state index contributed by atoms with van der Waals surface area (Å²) in [6.45, 7) is 4.16. The molecule has 0 heterocycles. The van der Waals surface area contributed by atoms with Gasteiger partial charge in [0, 0.05) is 6.42 Å². The Labute approximate surface area is 374 Å². The first-order chi connectivity index (χ1) is 29.3. The summed E-state index contributed by atoms with van der Waals surface area (Å²) in [6, 6.07) is -0.819. The van der Waals surface area contributed by atoms with E-state index in [4.69, 9.17) is 4.52 Å². The number of phosphoric acid groups is 1. The summed E-state index contributed by atoms with van der Waals surface area (Å²) in [4.78, 5) is 31.1. The predicted molar refractivity (Wildman–Crippen MR) is 260 cm³/mol. The number of carbonyl (C=O) groups is 1. The van der Waals surface area contributed by atoms with E-state index in [0.717, 1.165) is 38.5 Å². The summed E-state index contributed by atoms with van der Waals surface area (Å²) in [5.74, 6) is -0.186. The molecule has 60 heavy (non-hydrogen) atoms. The SMILES string of the molecule is CCCCCCCCCCCCCCCCCCCCCCCCCCCCCCCCCC(=O)N[C@@H](COP(=O)(O)O)[C@H](O)CCCCCCCCCCCCCCC. The van der Waals surface area contributed by atoms with E-state index >= 15 is 0 Å². The lowest BCUT2D eigenvalue weighted by Crippen LogP contribution is -2.46. The molecule has 0 saturated carbocycles. The maximum Gasteiger partial charge on any atom is 0.469 e. The second-order valence-corrected chi connectivity index (χ2v) is 20.2. The molecule has 360 valence electrons. The van der Waals surface area contributed by atoms with E-state index in [0.29, 0.717) is 12.8 Å². The van der Waals surface area contributed by atoms with Crippen LogP contribution in [0.25, 0.3) is 0 Å². The normalized spacial score (nSPS) is 12.9. The average molecular weight is 872 g/mol. The quantitative estimate of drug-likeness (QED) is 0.0357. The Morgan fingerprint density at radius 1 is 0.417 bits per heavy atom. The molecular formula is C52H106NO6P. The smallest absolute Gasteiger partial charge is 0.391 e. The number of aliphatic hydroxyl groups is 1. The van der Waals surface area contributed by atoms with Gasteiger partial charge in [-0.3, -0.25) is 9.32 Å². The summed E-state index contributed by atoms with van der Waals surface area (Å²) in [6.07, 6.45) is 58.5. The maximum atomic E-state index is 12.7. The zero-order valence-corrected chi connectivity index (χ0v) is 41.3. The van der Waals surface area contributed by atoms with Crippen LogP contribution in [0.4, 0.5) is 0 Å². The predicted octanol–water partition coefficient (Wildman–Crippen LogP) is 16.9. The van der Waals surface area contributed by atoms with Crippen LogP contribution in [0.2, 0.25) is 0 Å². The number of hydrogen-bond acceptors (Lipinski definition) is 4. The minimum Gasteiger partial charge on any atom is -0.391 e. The van der Waals surface area contributed by atoms with E-state index in [1.54, 1.807) is 0 Å². The molecule has 8 heteroatoms. The minimum absolute atomic E-state index is 0.186. The molecule has 0 aliphatic rings. The van der Waals surface area contributed by atoms with Gasteiger partial charge in [-0.25, -0.2) is 4.57 Å². The molecule has 0 aromatic rings. The van der Waals surface area contributed by atoms with Crippen molar-refractivity contribution in [3.05, 3.63) is 0 Å². The van der Waals surface area contributed by atoms with E-state index in [9.17, 15) is 24.3 Å². The van der Waals surface area contributed by atoms with Crippen molar-refractivity contribution in [3.63, 3.8) is 0 Å². The second kappa shape index (κ2) is 48.0. The maximum absolute atomic E-state index is 12.7. The molecule has 0 unspecified atom stereocenters. The van der Waals surface area contributed by atoms with Gasteiger partial charge in [-0.2, -0.15) is 0 Å². The molecule has 0 aliphatic heterocycles. The zero-order chi connectivity index (χ0) is 43.9. The molecular weight excluding hydrogens is 766 g/mol. The molecule has 0 spiro atoms. The van der Waals surface area contributed by atoms with Crippen LogP contribution in [0.5, 0.6) is 0 Å². The molecule has 0 bridgehead atoms. The van der Waals surface area contributed by atoms with Gasteiger partial charge in [-0.1, -0.05) is 290 Å². The van der Waals surface area contributed by atoms with E-state index in [2.05, 4.69) is 19.2 Å². The Balaban J connectivity index is 3.62. The van der Waals surface area contributed by atoms with Gasteiger partial charge in [0.1, 0.15) is 0 Å². The molecule has 7 nitrogen and oxygen atoms in total. The topological polar surface area (TPSA) is 116 Å². The van der Waals surface area contributed by atoms with Crippen molar-refractivity contribution in [3.8, 4) is 0 Å². The van der Waals surface area contributed by atoms with Gasteiger partial charge in [0.25, 0.3) is 0 Å². The van der Waals surface area contributed by atoms with Crippen LogP contribution in [-0.2, 0) is 13.9 Å². The first-order valence-electron chi connectivity index (χ1n) is 27.0. The zero-order valence-electron chi connectivity index (χ0n) is 40.4. The van der Waals surface area contributed by atoms with Gasteiger partial charge in [0.05, 0.1) is 18.8 Å². The van der Waals surface area contributed by atoms with Gasteiger partial charge in [-0.15, -0.1) is 0 Å². The number of aliphatic hydroxyl groups excluding tert-OH is 1. The first kappa shape index (κ1) is 59.5. The highest BCUT2D eigenvalue weighted by Crippen LogP contribution is 2.36. The number of phosphoric ester groups is 1. The molecule has 0 rings (SSSR count). The van der Waals surface area contributed by atoms with Crippen molar-refractivity contribution in [2.24, 2.45) is 0 Å². The van der Waals surface area contributed by atoms with Gasteiger partial charge in [0.2, 0.25) is 5.91 Å². The number of rotatable bonds is 51. The fourth-order valence-corrected chi connectivity index (χ4v) is 9.12. The third kappa shape index (κ3) is 48.6. The largest absolute Gasteiger partial charge is 0.469 e. The van der Waals surface area contributed by atoms with Crippen molar-refractivity contribution >= 4 is 13.7 Å². The van der Waals surface area contributed by atoms with Crippen LogP contribution in [0.15, 0.2) is 0 Å². The van der Waals surface area contributed by atoms with Gasteiger partial charge in [0.15, 0.2) is 0 Å². The Kier molecular flexibility index (Phi) is 47.6. The van der Waals surface area contributed by atoms with Crippen LogP contribution >= 0.6 is 7.82 Å². The summed E-state index contributed by atoms with van der Waals surface area (Å²) in [5.41, 5.74) is 0. The fourth-order valence-electron chi connectivity index (χ4n) is 8.76. The van der Waals surface area contributed by atoms with Crippen LogP contribution in [0.3, 0.4) is 0 Å². The average Bonchev–Trinajstić information content (AvgIpc) is 3.22. The monoisotopic (exact) mass is 872 g/mol. The van der Waals surface area contributed by atoms with Crippen molar-refractivity contribution < 1.29 is 28.8 Å². The standard InChI is InChI=1S/C52H106NO6P/c1-3-5-7-9-11-13-15-17-18-19-20-21-22-23-24-25-26-27-28-29-30-31-32-33-34-36-38-40-42-44-46-48-52(55)53-50(49-59-60(56,57)58)51(54)47-45-43-41-39-37-35-16-14-12-10-8-6-4-2/h50-51,54H,3-49H2,1-2H3,(H,53,55)(H2,56,57,58)/t50-,51+/m0/s1. The first-order valence-corrected chi connectivity index (χ1v) is 28.5. The van der Waals surface area contributed by atoms with Crippen molar-refractivity contribution in [1.29, 1.82) is 0 Å². The van der Waals surface area contributed by atoms with Crippen molar-refractivity contribution in [2.45, 2.75) is 321 Å². The van der Waals surface area contributed by atoms with Crippen molar-refractivity contribution in [1.82, 2.24) is 5.32 Å². The highest BCUT2D eigenvalue weighted by Gasteiger charge is 2.25. The molecule has 0 fully saturated rings. The Morgan fingerprint density at radius 2 is 0.650 bits per heavy atom. The molecule has 4 N–H and O–H groups in total. The van der Waals surface area contributed by atoms with Crippen LogP contribution in [0.1, 0.15) is 309 Å². The van der Waals surface area contributed by atoms with Crippen molar-refractivity contribution in [2.75, 3.05) is 6.61 Å². The third-order valence-electron chi connectivity index (χ3n) is 12.8. The van der Waals surface area contributed by atoms with Crippen LogP contribution < -0.4 is 5.32 Å².